The van der Waals surface area contributed by atoms with Gasteiger partial charge in [-0.25, -0.2) is 0 Å². The van der Waals surface area contributed by atoms with Crippen LogP contribution in [-0.2, 0) is 4.79 Å². The first-order chi connectivity index (χ1) is 11.5. The summed E-state index contributed by atoms with van der Waals surface area (Å²) in [5.74, 6) is 1.43. The van der Waals surface area contributed by atoms with E-state index in [0.29, 0.717) is 11.2 Å². The molecule has 1 fully saturated rings. The lowest BCUT2D eigenvalue weighted by atomic mass is 9.98. The van der Waals surface area contributed by atoms with Gasteiger partial charge in [0.1, 0.15) is 0 Å². The summed E-state index contributed by atoms with van der Waals surface area (Å²) in [6.07, 6.45) is 8.94. The van der Waals surface area contributed by atoms with Crippen molar-refractivity contribution in [3.8, 4) is 0 Å². The number of hydrogen-bond donors (Lipinski definition) is 3. The number of aliphatic hydroxyl groups excluding tert-OH is 2. The number of hydrogen-bond acceptors (Lipinski definition) is 5. The van der Waals surface area contributed by atoms with Crippen LogP contribution < -0.4 is 0 Å². The molecule has 0 spiro atoms. The maximum absolute atomic E-state index is 10.5. The quantitative estimate of drug-likeness (QED) is 0.399. The van der Waals surface area contributed by atoms with E-state index in [4.69, 9.17) is 5.11 Å². The maximum Gasteiger partial charge on any atom is 0.313 e. The van der Waals surface area contributed by atoms with Crippen molar-refractivity contribution >= 4 is 29.5 Å². The Balaban J connectivity index is 2.18. The highest BCUT2D eigenvalue weighted by Gasteiger charge is 2.34. The van der Waals surface area contributed by atoms with Gasteiger partial charge in [-0.15, -0.1) is 0 Å². The number of carbonyl (C=O) groups is 1. The minimum atomic E-state index is -0.750. The fraction of sp³-hybridized carbons (Fsp3) is 0.944. The molecule has 0 aromatic heterocycles. The molecule has 0 heterocycles. The molecule has 0 saturated heterocycles. The molecule has 4 nitrogen and oxygen atoms in total. The lowest BCUT2D eigenvalue weighted by molar-refractivity contribution is -0.133. The van der Waals surface area contributed by atoms with E-state index in [1.165, 1.54) is 24.6 Å². The van der Waals surface area contributed by atoms with Gasteiger partial charge in [-0.2, -0.15) is 23.5 Å². The molecule has 4 unspecified atom stereocenters. The molecule has 0 amide bonds. The van der Waals surface area contributed by atoms with E-state index >= 15 is 0 Å². The first-order valence-electron chi connectivity index (χ1n) is 9.31. The van der Waals surface area contributed by atoms with Gasteiger partial charge in [0.2, 0.25) is 0 Å². The van der Waals surface area contributed by atoms with Gasteiger partial charge in [0, 0.05) is 11.0 Å². The van der Waals surface area contributed by atoms with Gasteiger partial charge >= 0.3 is 5.97 Å². The Morgan fingerprint density at radius 2 is 2.00 bits per heavy atom. The van der Waals surface area contributed by atoms with Gasteiger partial charge in [0.15, 0.2) is 0 Å². The number of thioether (sulfide) groups is 2. The molecule has 0 radical (unpaired) electrons. The predicted octanol–water partition coefficient (Wildman–Crippen LogP) is 3.79. The Kier molecular flexibility index (Phi) is 12.3. The van der Waals surface area contributed by atoms with E-state index in [1.807, 2.05) is 11.8 Å². The summed E-state index contributed by atoms with van der Waals surface area (Å²) in [6, 6.07) is 0. The number of carboxylic acids is 1. The topological polar surface area (TPSA) is 77.8 Å². The van der Waals surface area contributed by atoms with Gasteiger partial charge in [0.05, 0.1) is 18.0 Å². The molecular weight excluding hydrogens is 344 g/mol. The molecule has 1 aliphatic rings. The second kappa shape index (κ2) is 13.3. The van der Waals surface area contributed by atoms with Crippen molar-refractivity contribution in [1.29, 1.82) is 0 Å². The van der Waals surface area contributed by atoms with Gasteiger partial charge in [-0.05, 0) is 43.8 Å². The normalized spacial score (nSPS) is 25.0. The fourth-order valence-electron chi connectivity index (χ4n) is 3.29. The van der Waals surface area contributed by atoms with Crippen LogP contribution in [0.2, 0.25) is 0 Å². The number of aliphatic carboxylic acids is 1. The van der Waals surface area contributed by atoms with Crippen LogP contribution in [0.4, 0.5) is 0 Å². The van der Waals surface area contributed by atoms with E-state index in [-0.39, 0.29) is 18.0 Å². The highest BCUT2D eigenvalue weighted by Crippen LogP contribution is 2.38. The lowest BCUT2D eigenvalue weighted by Crippen LogP contribution is -2.22. The van der Waals surface area contributed by atoms with Crippen LogP contribution in [0.15, 0.2) is 0 Å². The van der Waals surface area contributed by atoms with Crippen molar-refractivity contribution in [3.63, 3.8) is 0 Å². The molecule has 142 valence electrons. The molecule has 1 rings (SSSR count). The van der Waals surface area contributed by atoms with Crippen molar-refractivity contribution in [3.05, 3.63) is 0 Å². The number of carboxylic acid groups (broad SMARTS) is 1. The zero-order valence-electron chi connectivity index (χ0n) is 14.9. The molecule has 0 aromatic carbocycles. The zero-order valence-corrected chi connectivity index (χ0v) is 16.5. The summed E-state index contributed by atoms with van der Waals surface area (Å²) < 4.78 is 0. The second-order valence-electron chi connectivity index (χ2n) is 6.77. The van der Waals surface area contributed by atoms with Gasteiger partial charge in [-0.3, -0.25) is 4.79 Å². The van der Waals surface area contributed by atoms with Crippen LogP contribution >= 0.6 is 23.5 Å². The van der Waals surface area contributed by atoms with Crippen molar-refractivity contribution in [2.75, 3.05) is 17.3 Å². The third-order valence-electron chi connectivity index (χ3n) is 4.66. The predicted molar refractivity (Wildman–Crippen MR) is 104 cm³/mol. The summed E-state index contributed by atoms with van der Waals surface area (Å²) in [5.41, 5.74) is 0. The molecule has 1 aliphatic carbocycles. The molecule has 0 aromatic rings. The third-order valence-corrected chi connectivity index (χ3v) is 7.28. The Morgan fingerprint density at radius 1 is 1.21 bits per heavy atom. The van der Waals surface area contributed by atoms with Crippen molar-refractivity contribution < 1.29 is 20.1 Å². The summed E-state index contributed by atoms with van der Waals surface area (Å²) in [6.45, 7) is 2.17. The summed E-state index contributed by atoms with van der Waals surface area (Å²) in [4.78, 5) is 10.5. The number of unbranched alkanes of at least 4 members (excludes halogenated alkanes) is 3. The highest BCUT2D eigenvalue weighted by molar-refractivity contribution is 8.00. The average molecular weight is 379 g/mol. The van der Waals surface area contributed by atoms with E-state index in [1.54, 1.807) is 0 Å². The lowest BCUT2D eigenvalue weighted by Gasteiger charge is -2.23. The summed E-state index contributed by atoms with van der Waals surface area (Å²) >= 11 is 3.31. The third kappa shape index (κ3) is 9.54. The van der Waals surface area contributed by atoms with Crippen LogP contribution in [-0.4, -0.2) is 56.0 Å². The molecular formula is C18H34O4S2. The van der Waals surface area contributed by atoms with Crippen molar-refractivity contribution in [2.45, 2.75) is 82.2 Å². The molecule has 1 saturated carbocycles. The van der Waals surface area contributed by atoms with E-state index in [2.05, 4.69) is 6.92 Å². The fourth-order valence-corrected chi connectivity index (χ4v) is 5.52. The van der Waals surface area contributed by atoms with E-state index in [0.717, 1.165) is 56.5 Å². The Labute approximate surface area is 155 Å². The van der Waals surface area contributed by atoms with Crippen molar-refractivity contribution in [2.24, 2.45) is 5.92 Å². The molecule has 24 heavy (non-hydrogen) atoms. The Morgan fingerprint density at radius 3 is 2.71 bits per heavy atom. The van der Waals surface area contributed by atoms with Crippen LogP contribution in [0.3, 0.4) is 0 Å². The van der Waals surface area contributed by atoms with Crippen LogP contribution in [0.1, 0.15) is 64.7 Å². The molecule has 0 aliphatic heterocycles. The second-order valence-corrected chi connectivity index (χ2v) is 9.15. The van der Waals surface area contributed by atoms with Crippen molar-refractivity contribution in [1.82, 2.24) is 0 Å². The van der Waals surface area contributed by atoms with Gasteiger partial charge in [0.25, 0.3) is 0 Å². The van der Waals surface area contributed by atoms with Crippen LogP contribution in [0.25, 0.3) is 0 Å². The molecule has 6 heteroatoms. The SMILES string of the molecule is CCCCCC(O)CSC1CCC(O)C1CCCCSCC(=O)O. The van der Waals surface area contributed by atoms with E-state index in [9.17, 15) is 15.0 Å². The standard InChI is InChI=1S/C18H34O4S2/c1-2-3-4-7-14(19)12-24-17-10-9-16(20)15(17)8-5-6-11-23-13-18(21)22/h14-17,19-20H,2-13H2,1H3,(H,21,22). The Bertz CT molecular complexity index is 341. The first-order valence-corrected chi connectivity index (χ1v) is 11.5. The molecule has 4 atom stereocenters. The summed E-state index contributed by atoms with van der Waals surface area (Å²) in [5, 5.41) is 29.4. The first kappa shape index (κ1) is 22.1. The van der Waals surface area contributed by atoms with Crippen LogP contribution in [0.5, 0.6) is 0 Å². The highest BCUT2D eigenvalue weighted by atomic mass is 32.2. The summed E-state index contributed by atoms with van der Waals surface area (Å²) in [7, 11) is 0. The van der Waals surface area contributed by atoms with Gasteiger partial charge in [-0.1, -0.05) is 32.6 Å². The zero-order chi connectivity index (χ0) is 17.8. The van der Waals surface area contributed by atoms with Gasteiger partial charge < -0.3 is 15.3 Å². The molecule has 0 bridgehead atoms. The maximum atomic E-state index is 10.5. The largest absolute Gasteiger partial charge is 0.481 e. The monoisotopic (exact) mass is 378 g/mol. The molecule has 3 N–H and O–H groups in total. The average Bonchev–Trinajstić information content (AvgIpc) is 2.89. The smallest absolute Gasteiger partial charge is 0.313 e. The Hall–Kier alpha value is 0.0900. The van der Waals surface area contributed by atoms with Crippen LogP contribution in [0, 0.1) is 5.92 Å². The number of rotatable bonds is 14. The number of aliphatic hydroxyl groups is 2. The minimum absolute atomic E-state index is 0.181. The van der Waals surface area contributed by atoms with E-state index < -0.39 is 5.97 Å². The minimum Gasteiger partial charge on any atom is -0.481 e.